The summed E-state index contributed by atoms with van der Waals surface area (Å²) < 4.78 is 5.39. The summed E-state index contributed by atoms with van der Waals surface area (Å²) in [4.78, 5) is 24.5. The molecule has 1 saturated heterocycles. The molecule has 0 aliphatic carbocycles. The SMILES string of the molecule is CN1CC(NC(=O)COC(C)(C)C)CCC1=O. The van der Waals surface area contributed by atoms with Crippen LogP contribution in [0.4, 0.5) is 0 Å². The highest BCUT2D eigenvalue weighted by Gasteiger charge is 2.24. The van der Waals surface area contributed by atoms with Gasteiger partial charge in [0.25, 0.3) is 0 Å². The Bertz CT molecular complexity index is 297. The van der Waals surface area contributed by atoms with Gasteiger partial charge in [0.1, 0.15) is 6.61 Å². The van der Waals surface area contributed by atoms with Crippen molar-refractivity contribution in [2.75, 3.05) is 20.2 Å². The minimum Gasteiger partial charge on any atom is -0.366 e. The maximum Gasteiger partial charge on any atom is 0.246 e. The molecule has 2 amide bonds. The molecular formula is C12H22N2O3. The maximum atomic E-state index is 11.6. The van der Waals surface area contributed by atoms with Gasteiger partial charge in [-0.3, -0.25) is 9.59 Å². The molecule has 0 spiro atoms. The zero-order valence-corrected chi connectivity index (χ0v) is 11.1. The van der Waals surface area contributed by atoms with Gasteiger partial charge in [0.15, 0.2) is 0 Å². The van der Waals surface area contributed by atoms with Crippen molar-refractivity contribution in [3.8, 4) is 0 Å². The molecule has 0 saturated carbocycles. The molecule has 17 heavy (non-hydrogen) atoms. The Kier molecular flexibility index (Phi) is 4.51. The number of ether oxygens (including phenoxy) is 1. The lowest BCUT2D eigenvalue weighted by Crippen LogP contribution is -2.49. The van der Waals surface area contributed by atoms with Crippen LogP contribution in [0.5, 0.6) is 0 Å². The molecule has 1 aliphatic rings. The van der Waals surface area contributed by atoms with E-state index in [1.165, 1.54) is 0 Å². The van der Waals surface area contributed by atoms with E-state index in [0.717, 1.165) is 0 Å². The lowest BCUT2D eigenvalue weighted by atomic mass is 10.1. The first kappa shape index (κ1) is 14.0. The zero-order chi connectivity index (χ0) is 13.1. The molecule has 1 heterocycles. The van der Waals surface area contributed by atoms with E-state index in [2.05, 4.69) is 5.32 Å². The lowest BCUT2D eigenvalue weighted by molar-refractivity contribution is -0.136. The number of hydrogen-bond acceptors (Lipinski definition) is 3. The number of rotatable bonds is 3. The Morgan fingerprint density at radius 1 is 1.53 bits per heavy atom. The molecule has 0 aromatic carbocycles. The van der Waals surface area contributed by atoms with Crippen molar-refractivity contribution >= 4 is 11.8 Å². The molecule has 1 atom stereocenters. The maximum absolute atomic E-state index is 11.6. The summed E-state index contributed by atoms with van der Waals surface area (Å²) in [6, 6.07) is 0.0498. The van der Waals surface area contributed by atoms with Gasteiger partial charge in [0.2, 0.25) is 11.8 Å². The summed E-state index contributed by atoms with van der Waals surface area (Å²) in [5.41, 5.74) is -0.309. The molecule has 0 bridgehead atoms. The van der Waals surface area contributed by atoms with E-state index >= 15 is 0 Å². The van der Waals surface area contributed by atoms with Crippen LogP contribution in [0.3, 0.4) is 0 Å². The van der Waals surface area contributed by atoms with Crippen LogP contribution in [0.2, 0.25) is 0 Å². The molecule has 0 aromatic heterocycles. The number of likely N-dealkylation sites (tertiary alicyclic amines) is 1. The van der Waals surface area contributed by atoms with Gasteiger partial charge < -0.3 is 15.0 Å². The van der Waals surface area contributed by atoms with Crippen LogP contribution in [0, 0.1) is 0 Å². The second kappa shape index (κ2) is 5.49. The van der Waals surface area contributed by atoms with E-state index in [1.54, 1.807) is 11.9 Å². The van der Waals surface area contributed by atoms with Crippen molar-refractivity contribution in [1.82, 2.24) is 10.2 Å². The van der Waals surface area contributed by atoms with Gasteiger partial charge in [-0.25, -0.2) is 0 Å². The Hall–Kier alpha value is -1.10. The van der Waals surface area contributed by atoms with Gasteiger partial charge in [-0.15, -0.1) is 0 Å². The summed E-state index contributed by atoms with van der Waals surface area (Å²) in [7, 11) is 1.76. The number of piperidine rings is 1. The summed E-state index contributed by atoms with van der Waals surface area (Å²) >= 11 is 0. The van der Waals surface area contributed by atoms with Crippen molar-refractivity contribution in [2.24, 2.45) is 0 Å². The van der Waals surface area contributed by atoms with Gasteiger partial charge in [-0.05, 0) is 27.2 Å². The number of nitrogens with zero attached hydrogens (tertiary/aromatic N) is 1. The van der Waals surface area contributed by atoms with Crippen molar-refractivity contribution in [3.63, 3.8) is 0 Å². The minimum absolute atomic E-state index is 0.0498. The molecule has 0 aromatic rings. The van der Waals surface area contributed by atoms with E-state index in [1.807, 2.05) is 20.8 Å². The molecule has 5 nitrogen and oxygen atoms in total. The summed E-state index contributed by atoms with van der Waals surface area (Å²) in [6.07, 6.45) is 1.21. The highest BCUT2D eigenvalue weighted by atomic mass is 16.5. The highest BCUT2D eigenvalue weighted by Crippen LogP contribution is 2.10. The third-order valence-electron chi connectivity index (χ3n) is 2.63. The average molecular weight is 242 g/mol. The van der Waals surface area contributed by atoms with Crippen LogP contribution in [-0.4, -0.2) is 48.6 Å². The lowest BCUT2D eigenvalue weighted by Gasteiger charge is -2.30. The predicted octanol–water partition coefficient (Wildman–Crippen LogP) is 0.538. The number of hydrogen-bond donors (Lipinski definition) is 1. The summed E-state index contributed by atoms with van der Waals surface area (Å²) in [5, 5.41) is 2.88. The van der Waals surface area contributed by atoms with Crippen molar-refractivity contribution in [3.05, 3.63) is 0 Å². The highest BCUT2D eigenvalue weighted by molar-refractivity contribution is 5.79. The van der Waals surface area contributed by atoms with Gasteiger partial charge in [0.05, 0.1) is 5.60 Å². The molecule has 5 heteroatoms. The second-order valence-corrected chi connectivity index (χ2v) is 5.48. The van der Waals surface area contributed by atoms with Crippen LogP contribution < -0.4 is 5.32 Å². The van der Waals surface area contributed by atoms with E-state index < -0.39 is 0 Å². The summed E-state index contributed by atoms with van der Waals surface area (Å²) in [5.74, 6) is 0.0223. The number of likely N-dealkylation sites (N-methyl/N-ethyl adjacent to an activating group) is 1. The summed E-state index contributed by atoms with van der Waals surface area (Å²) in [6.45, 7) is 6.38. The van der Waals surface area contributed by atoms with Gasteiger partial charge >= 0.3 is 0 Å². The molecule has 1 N–H and O–H groups in total. The van der Waals surface area contributed by atoms with Crippen molar-refractivity contribution < 1.29 is 14.3 Å². The van der Waals surface area contributed by atoms with Crippen molar-refractivity contribution in [1.29, 1.82) is 0 Å². The van der Waals surface area contributed by atoms with Gasteiger partial charge in [-0.2, -0.15) is 0 Å². The number of nitrogens with one attached hydrogen (secondary N) is 1. The monoisotopic (exact) mass is 242 g/mol. The fourth-order valence-electron chi connectivity index (χ4n) is 1.68. The normalized spacial score (nSPS) is 21.5. The zero-order valence-electron chi connectivity index (χ0n) is 11.1. The molecule has 1 aliphatic heterocycles. The molecule has 0 radical (unpaired) electrons. The Morgan fingerprint density at radius 3 is 2.71 bits per heavy atom. The molecular weight excluding hydrogens is 220 g/mol. The van der Waals surface area contributed by atoms with Crippen LogP contribution in [0.1, 0.15) is 33.6 Å². The Morgan fingerprint density at radius 2 is 2.18 bits per heavy atom. The first-order valence-electron chi connectivity index (χ1n) is 5.95. The van der Waals surface area contributed by atoms with Crippen LogP contribution >= 0.6 is 0 Å². The third-order valence-corrected chi connectivity index (χ3v) is 2.63. The van der Waals surface area contributed by atoms with E-state index in [9.17, 15) is 9.59 Å². The number of carbonyl (C=O) groups excluding carboxylic acids is 2. The number of amides is 2. The molecule has 1 unspecified atom stereocenters. The molecule has 1 fully saturated rings. The van der Waals surface area contributed by atoms with Gasteiger partial charge in [0, 0.05) is 26.1 Å². The fourth-order valence-corrected chi connectivity index (χ4v) is 1.68. The predicted molar refractivity (Wildman–Crippen MR) is 64.5 cm³/mol. The van der Waals surface area contributed by atoms with Crippen LogP contribution in [0.15, 0.2) is 0 Å². The Labute approximate surface area is 102 Å². The Balaban J connectivity index is 2.30. The largest absolute Gasteiger partial charge is 0.366 e. The average Bonchev–Trinajstić information content (AvgIpc) is 2.20. The van der Waals surface area contributed by atoms with E-state index in [0.29, 0.717) is 19.4 Å². The van der Waals surface area contributed by atoms with Gasteiger partial charge in [-0.1, -0.05) is 0 Å². The van der Waals surface area contributed by atoms with Crippen molar-refractivity contribution in [2.45, 2.75) is 45.3 Å². The standard InChI is InChI=1S/C12H22N2O3/c1-12(2,3)17-8-10(15)13-9-5-6-11(16)14(4)7-9/h9H,5-8H2,1-4H3,(H,13,15). The minimum atomic E-state index is -0.309. The topological polar surface area (TPSA) is 58.6 Å². The quantitative estimate of drug-likeness (QED) is 0.785. The fraction of sp³-hybridized carbons (Fsp3) is 0.833. The smallest absolute Gasteiger partial charge is 0.246 e. The number of carbonyl (C=O) groups is 2. The molecule has 98 valence electrons. The van der Waals surface area contributed by atoms with Crippen LogP contribution in [0.25, 0.3) is 0 Å². The second-order valence-electron chi connectivity index (χ2n) is 5.48. The van der Waals surface area contributed by atoms with E-state index in [4.69, 9.17) is 4.74 Å². The molecule has 1 rings (SSSR count). The van der Waals surface area contributed by atoms with E-state index in [-0.39, 0.29) is 30.1 Å². The third kappa shape index (κ3) is 5.17. The van der Waals surface area contributed by atoms with Crippen LogP contribution in [-0.2, 0) is 14.3 Å². The first-order valence-corrected chi connectivity index (χ1v) is 5.95. The first-order chi connectivity index (χ1) is 7.78.